The molecule has 0 bridgehead atoms. The lowest BCUT2D eigenvalue weighted by Crippen LogP contribution is -2.66. The van der Waals surface area contributed by atoms with E-state index in [0.717, 1.165) is 38.6 Å². The maximum atomic E-state index is 13.2. The van der Waals surface area contributed by atoms with Crippen molar-refractivity contribution in [3.05, 3.63) is 30.1 Å². The molecule has 1 saturated carbocycles. The van der Waals surface area contributed by atoms with Gasteiger partial charge in [0.2, 0.25) is 11.8 Å². The normalized spacial score (nSPS) is 24.8. The van der Waals surface area contributed by atoms with Gasteiger partial charge in [0.15, 0.2) is 0 Å². The first kappa shape index (κ1) is 19.0. The van der Waals surface area contributed by atoms with Crippen LogP contribution in [0, 0.1) is 5.82 Å². The molecular weight excluding hydrogens is 359 g/mol. The van der Waals surface area contributed by atoms with E-state index in [-0.39, 0.29) is 48.1 Å². The summed E-state index contributed by atoms with van der Waals surface area (Å²) in [5.41, 5.74) is -0.140. The average molecular weight is 383 g/mol. The molecule has 0 radical (unpaired) electrons. The molecule has 26 heavy (non-hydrogen) atoms. The van der Waals surface area contributed by atoms with E-state index in [0.29, 0.717) is 5.75 Å². The topological polar surface area (TPSA) is 58.6 Å². The molecule has 1 aromatic rings. The molecule has 2 fully saturated rings. The second-order valence-corrected chi connectivity index (χ2v) is 7.36. The molecule has 0 aromatic heterocycles. The van der Waals surface area contributed by atoms with E-state index in [1.807, 2.05) is 4.90 Å². The Hall–Kier alpha value is -1.82. The maximum Gasteiger partial charge on any atom is 0.235 e. The van der Waals surface area contributed by atoms with Crippen molar-refractivity contribution in [1.82, 2.24) is 10.2 Å². The van der Waals surface area contributed by atoms with E-state index in [1.54, 1.807) is 12.1 Å². The van der Waals surface area contributed by atoms with Gasteiger partial charge in [-0.25, -0.2) is 4.39 Å². The monoisotopic (exact) mass is 382 g/mol. The summed E-state index contributed by atoms with van der Waals surface area (Å²) in [6.45, 7) is 0.969. The van der Waals surface area contributed by atoms with Gasteiger partial charge in [-0.2, -0.15) is 0 Å². The Morgan fingerprint density at radius 2 is 2.15 bits per heavy atom. The van der Waals surface area contributed by atoms with Crippen molar-refractivity contribution < 1.29 is 18.7 Å². The van der Waals surface area contributed by atoms with E-state index in [2.05, 4.69) is 5.32 Å². The minimum absolute atomic E-state index is 0.0381. The fourth-order valence-electron chi connectivity index (χ4n) is 4.08. The van der Waals surface area contributed by atoms with E-state index in [4.69, 9.17) is 16.3 Å². The van der Waals surface area contributed by atoms with Crippen molar-refractivity contribution in [2.75, 3.05) is 19.0 Å². The summed E-state index contributed by atoms with van der Waals surface area (Å²) in [7, 11) is 0. The van der Waals surface area contributed by atoms with E-state index in [1.165, 1.54) is 12.1 Å². The number of amides is 2. The quantitative estimate of drug-likeness (QED) is 0.770. The molecule has 1 N–H and O–H groups in total. The highest BCUT2D eigenvalue weighted by Gasteiger charge is 2.51. The predicted molar refractivity (Wildman–Crippen MR) is 96.7 cm³/mol. The van der Waals surface area contributed by atoms with Crippen LogP contribution in [-0.2, 0) is 9.59 Å². The number of ether oxygens (including phenoxy) is 1. The summed E-state index contributed by atoms with van der Waals surface area (Å²) in [6, 6.07) is 6.01. The molecule has 1 aromatic carbocycles. The van der Waals surface area contributed by atoms with Gasteiger partial charge in [0.25, 0.3) is 0 Å². The summed E-state index contributed by atoms with van der Waals surface area (Å²) in [5, 5.41) is 2.90. The van der Waals surface area contributed by atoms with Crippen LogP contribution in [0.1, 0.15) is 38.5 Å². The molecule has 3 rings (SSSR count). The first-order valence-electron chi connectivity index (χ1n) is 9.07. The van der Waals surface area contributed by atoms with Gasteiger partial charge in [-0.15, -0.1) is 11.6 Å². The van der Waals surface area contributed by atoms with Crippen molar-refractivity contribution in [1.29, 1.82) is 0 Å². The standard InChI is InChI=1S/C19H24ClFN2O3/c20-13-17(24)22-15-11-19(12-15)7-1-2-8-23(19)18(25)6-9-26-16-5-3-4-14(21)10-16/h3-5,10,15H,1-2,6-9,11-13H2,(H,22,24). The molecule has 0 unspecified atom stereocenters. The number of halogens is 2. The van der Waals surface area contributed by atoms with Crippen LogP contribution in [-0.4, -0.2) is 47.3 Å². The van der Waals surface area contributed by atoms with E-state index >= 15 is 0 Å². The summed E-state index contributed by atoms with van der Waals surface area (Å²) in [6.07, 6.45) is 4.89. The summed E-state index contributed by atoms with van der Waals surface area (Å²) < 4.78 is 18.7. The highest BCUT2D eigenvalue weighted by molar-refractivity contribution is 6.27. The molecule has 1 aliphatic carbocycles. The molecule has 5 nitrogen and oxygen atoms in total. The van der Waals surface area contributed by atoms with Gasteiger partial charge in [-0.05, 0) is 44.2 Å². The highest BCUT2D eigenvalue weighted by atomic mass is 35.5. The smallest absolute Gasteiger partial charge is 0.235 e. The predicted octanol–water partition coefficient (Wildman–Crippen LogP) is 2.86. The van der Waals surface area contributed by atoms with Gasteiger partial charge in [0.1, 0.15) is 17.4 Å². The SMILES string of the molecule is O=C(CCl)NC1CC2(CCCCN2C(=O)CCOc2cccc(F)c2)C1. The first-order chi connectivity index (χ1) is 12.5. The average Bonchev–Trinajstić information content (AvgIpc) is 2.60. The number of hydrogen-bond acceptors (Lipinski definition) is 3. The number of hydrogen-bond donors (Lipinski definition) is 1. The number of carbonyl (C=O) groups excluding carboxylic acids is 2. The lowest BCUT2D eigenvalue weighted by atomic mass is 9.66. The molecule has 2 aliphatic rings. The van der Waals surface area contributed by atoms with Crippen LogP contribution in [0.15, 0.2) is 24.3 Å². The van der Waals surface area contributed by atoms with Gasteiger partial charge >= 0.3 is 0 Å². The fourth-order valence-corrected chi connectivity index (χ4v) is 4.16. The molecule has 1 heterocycles. The number of piperidine rings is 1. The Bertz CT molecular complexity index is 664. The van der Waals surface area contributed by atoms with E-state index in [9.17, 15) is 14.0 Å². The largest absolute Gasteiger partial charge is 0.493 e. The molecule has 2 amide bonds. The van der Waals surface area contributed by atoms with Crippen LogP contribution in [0.25, 0.3) is 0 Å². The van der Waals surface area contributed by atoms with Crippen molar-refractivity contribution in [3.8, 4) is 5.75 Å². The Balaban J connectivity index is 1.51. The molecule has 142 valence electrons. The van der Waals surface area contributed by atoms with Crippen LogP contribution >= 0.6 is 11.6 Å². The van der Waals surface area contributed by atoms with Crippen LogP contribution in [0.2, 0.25) is 0 Å². The lowest BCUT2D eigenvalue weighted by molar-refractivity contribution is -0.147. The second kappa shape index (κ2) is 8.25. The van der Waals surface area contributed by atoms with Crippen molar-refractivity contribution in [2.24, 2.45) is 0 Å². The van der Waals surface area contributed by atoms with Crippen molar-refractivity contribution in [3.63, 3.8) is 0 Å². The Kier molecular flexibility index (Phi) is 6.01. The van der Waals surface area contributed by atoms with Crippen molar-refractivity contribution in [2.45, 2.75) is 50.1 Å². The summed E-state index contributed by atoms with van der Waals surface area (Å²) in [5.74, 6) is -0.0716. The number of nitrogens with one attached hydrogen (secondary N) is 1. The minimum Gasteiger partial charge on any atom is -0.493 e. The molecule has 0 atom stereocenters. The highest BCUT2D eigenvalue weighted by Crippen LogP contribution is 2.44. The lowest BCUT2D eigenvalue weighted by Gasteiger charge is -2.56. The minimum atomic E-state index is -0.358. The number of alkyl halides is 1. The molecule has 1 spiro atoms. The third kappa shape index (κ3) is 4.29. The van der Waals surface area contributed by atoms with E-state index < -0.39 is 0 Å². The Morgan fingerprint density at radius 3 is 2.88 bits per heavy atom. The summed E-state index contributed by atoms with van der Waals surface area (Å²) in [4.78, 5) is 26.1. The van der Waals surface area contributed by atoms with Crippen LogP contribution in [0.4, 0.5) is 4.39 Å². The maximum absolute atomic E-state index is 13.2. The number of nitrogens with zero attached hydrogens (tertiary/aromatic N) is 1. The van der Waals surface area contributed by atoms with Gasteiger partial charge in [-0.1, -0.05) is 6.07 Å². The third-order valence-electron chi connectivity index (χ3n) is 5.27. The number of rotatable bonds is 6. The van der Waals surface area contributed by atoms with Crippen LogP contribution in [0.3, 0.4) is 0 Å². The van der Waals surface area contributed by atoms with Crippen LogP contribution in [0.5, 0.6) is 5.75 Å². The number of likely N-dealkylation sites (tertiary alicyclic amines) is 1. The third-order valence-corrected chi connectivity index (χ3v) is 5.51. The molecule has 7 heteroatoms. The van der Waals surface area contributed by atoms with Gasteiger partial charge in [-0.3, -0.25) is 9.59 Å². The van der Waals surface area contributed by atoms with Crippen molar-refractivity contribution >= 4 is 23.4 Å². The van der Waals surface area contributed by atoms with Crippen LogP contribution < -0.4 is 10.1 Å². The number of benzene rings is 1. The Labute approximate surface area is 157 Å². The molecule has 1 saturated heterocycles. The zero-order valence-corrected chi connectivity index (χ0v) is 15.4. The Morgan fingerprint density at radius 1 is 1.35 bits per heavy atom. The molecule has 1 aliphatic heterocycles. The summed E-state index contributed by atoms with van der Waals surface area (Å²) >= 11 is 5.54. The van der Waals surface area contributed by atoms with Gasteiger partial charge in [0, 0.05) is 24.2 Å². The zero-order valence-electron chi connectivity index (χ0n) is 14.7. The first-order valence-corrected chi connectivity index (χ1v) is 9.60. The second-order valence-electron chi connectivity index (χ2n) is 7.09. The number of carbonyl (C=O) groups is 2. The van der Waals surface area contributed by atoms with Gasteiger partial charge in [0.05, 0.1) is 13.0 Å². The molecular formula is C19H24ClFN2O3. The fraction of sp³-hybridized carbons (Fsp3) is 0.579. The zero-order chi connectivity index (χ0) is 18.6. The van der Waals surface area contributed by atoms with Gasteiger partial charge < -0.3 is 15.0 Å².